The van der Waals surface area contributed by atoms with E-state index in [4.69, 9.17) is 161 Å². The fraction of sp³-hybridized carbons (Fsp3) is 0.295. The van der Waals surface area contributed by atoms with Crippen molar-refractivity contribution in [3.05, 3.63) is 336 Å². The summed E-state index contributed by atoms with van der Waals surface area (Å²) in [6, 6.07) is 74.2. The van der Waals surface area contributed by atoms with Crippen molar-refractivity contribution in [2.24, 2.45) is 22.9 Å². The number of hydrogen-bond donors (Lipinski definition) is 1. The molecule has 4 unspecified atom stereocenters. The van der Waals surface area contributed by atoms with E-state index in [2.05, 4.69) is 70.4 Å². The van der Waals surface area contributed by atoms with Crippen LogP contribution in [0.4, 0.5) is 5.69 Å². The lowest BCUT2D eigenvalue weighted by Crippen LogP contribution is -2.48. The number of carbonyl (C=O) groups is 1. The van der Waals surface area contributed by atoms with Gasteiger partial charge in [0.1, 0.15) is 25.1 Å². The van der Waals surface area contributed by atoms with Gasteiger partial charge >= 0.3 is 0 Å². The van der Waals surface area contributed by atoms with E-state index in [1.54, 1.807) is 49.4 Å². The van der Waals surface area contributed by atoms with Crippen LogP contribution in [0.25, 0.3) is 0 Å². The molecule has 0 bridgehead atoms. The Kier molecular flexibility index (Phi) is 44.8. The molecule has 10 aromatic rings. The van der Waals surface area contributed by atoms with Crippen molar-refractivity contribution in [1.82, 2.24) is 4.90 Å². The van der Waals surface area contributed by atoms with E-state index < -0.39 is 0 Å². The maximum absolute atomic E-state index is 11.4. The van der Waals surface area contributed by atoms with E-state index in [-0.39, 0.29) is 43.0 Å². The third-order valence-electron chi connectivity index (χ3n) is 16.2. The average Bonchev–Trinajstić information content (AvgIpc) is 0.949. The van der Waals surface area contributed by atoms with Gasteiger partial charge in [0.15, 0.2) is 6.29 Å². The summed E-state index contributed by atoms with van der Waals surface area (Å²) in [6.07, 6.45) is -0.349. The molecule has 11 nitrogen and oxygen atoms in total. The molecular formula is C88H96Cl11N3O8. The molecule has 1 amide bonds. The van der Waals surface area contributed by atoms with Gasteiger partial charge in [0.25, 0.3) is 0 Å². The molecule has 0 saturated carbocycles. The monoisotopic (exact) mass is 1710 g/mol. The Labute approximate surface area is 706 Å². The first-order valence-corrected chi connectivity index (χ1v) is 39.7. The molecule has 0 aromatic heterocycles. The van der Waals surface area contributed by atoms with E-state index in [1.165, 1.54) is 5.56 Å². The van der Waals surface area contributed by atoms with Crippen molar-refractivity contribution in [1.29, 1.82) is 0 Å². The third kappa shape index (κ3) is 36.7. The van der Waals surface area contributed by atoms with Crippen LogP contribution in [-0.4, -0.2) is 74.4 Å². The zero-order valence-corrected chi connectivity index (χ0v) is 71.5. The summed E-state index contributed by atoms with van der Waals surface area (Å²) in [5.74, 6) is 1.90. The highest BCUT2D eigenvalue weighted by Crippen LogP contribution is 2.37. The second kappa shape index (κ2) is 52.2. The van der Waals surface area contributed by atoms with Crippen molar-refractivity contribution in [2.45, 2.75) is 113 Å². The van der Waals surface area contributed by atoms with Crippen LogP contribution in [0.3, 0.4) is 0 Å². The average molecular weight is 1710 g/mol. The maximum Gasteiger partial charge on any atom is 0.219 e. The van der Waals surface area contributed by atoms with Gasteiger partial charge in [-0.15, -0.1) is 5.16 Å². The predicted octanol–water partition coefficient (Wildman–Crippen LogP) is 27.2. The zero-order chi connectivity index (χ0) is 80.5. The molecule has 12 rings (SSSR count). The largest absolute Gasteiger partial charge is 0.491 e. The molecule has 10 aromatic carbocycles. The van der Waals surface area contributed by atoms with Gasteiger partial charge in [-0.2, -0.15) is 0 Å². The van der Waals surface area contributed by atoms with Crippen molar-refractivity contribution in [2.75, 3.05) is 44.3 Å². The van der Waals surface area contributed by atoms with Crippen LogP contribution in [0, 0.1) is 31.6 Å². The van der Waals surface area contributed by atoms with Crippen LogP contribution in [0.5, 0.6) is 5.75 Å². The summed E-state index contributed by atoms with van der Waals surface area (Å²) < 4.78 is 29.4. The Morgan fingerprint density at radius 2 is 0.918 bits per heavy atom. The molecule has 2 fully saturated rings. The van der Waals surface area contributed by atoms with Crippen LogP contribution in [-0.2, 0) is 55.0 Å². The zero-order valence-electron chi connectivity index (χ0n) is 63.1. The number of ether oxygens (including phenoxy) is 5. The number of benzene rings is 10. The Morgan fingerprint density at radius 1 is 0.482 bits per heavy atom. The Balaban J connectivity index is 0.000000236. The highest BCUT2D eigenvalue weighted by molar-refractivity contribution is 6.37. The number of aliphatic hydroxyl groups excluding tert-OH is 1. The number of amides is 1. The molecule has 0 spiro atoms. The number of hydrogen-bond acceptors (Lipinski definition) is 10. The second-order valence-corrected chi connectivity index (χ2v) is 30.9. The molecule has 2 saturated heterocycles. The molecule has 0 aliphatic carbocycles. The summed E-state index contributed by atoms with van der Waals surface area (Å²) in [5.41, 5.74) is 9.28. The lowest BCUT2D eigenvalue weighted by molar-refractivity contribution is -0.129. The van der Waals surface area contributed by atoms with Crippen LogP contribution < -0.4 is 9.64 Å². The molecule has 110 heavy (non-hydrogen) atoms. The Morgan fingerprint density at radius 3 is 1.35 bits per heavy atom. The second-order valence-electron chi connectivity index (χ2n) is 26.2. The molecule has 2 aliphatic rings. The molecule has 0 radical (unpaired) electrons. The van der Waals surface area contributed by atoms with E-state index in [0.29, 0.717) is 90.1 Å². The number of carbonyl (C=O) groups excluding carboxylic acids is 1. The smallest absolute Gasteiger partial charge is 0.219 e. The van der Waals surface area contributed by atoms with Gasteiger partial charge in [-0.3, -0.25) is 4.79 Å². The van der Waals surface area contributed by atoms with Crippen LogP contribution >= 0.6 is 128 Å². The molecule has 1 N–H and O–H groups in total. The molecule has 2 heterocycles. The van der Waals surface area contributed by atoms with E-state index in [0.717, 1.165) is 86.6 Å². The van der Waals surface area contributed by atoms with Crippen molar-refractivity contribution >= 4 is 146 Å². The van der Waals surface area contributed by atoms with Crippen LogP contribution in [0.2, 0.25) is 55.2 Å². The minimum Gasteiger partial charge on any atom is -0.491 e. The normalized spacial score (nSPS) is 13.9. The van der Waals surface area contributed by atoms with Crippen molar-refractivity contribution < 1.29 is 38.4 Å². The van der Waals surface area contributed by atoms with Gasteiger partial charge in [0.2, 0.25) is 5.91 Å². The SMILES string of the molecule is C=NOCc1ccc(C)cc1Cl.CC(=O)N1CCN(c2ccc(OCC3COC(C(C)C)O3)cc2)CC1.CC(C)C(OCc1ccc(Cl)cc1)c1ccc(Cl)cc1Cl.CC(C)C(OCc1ccc(Cl)cc1Cl)c1ccc(Cl)cc1Cl.Cc1ccc(CO)cc1.Clc1cccc(Cl)c1.Clc1ccccc1.c1ccccc1. The van der Waals surface area contributed by atoms with Gasteiger partial charge in [-0.25, -0.2) is 0 Å². The minimum atomic E-state index is -0.142. The number of aryl methyl sites for hydroxylation is 2. The number of oxime groups is 1. The molecule has 588 valence electrons. The predicted molar refractivity (Wildman–Crippen MR) is 463 cm³/mol. The summed E-state index contributed by atoms with van der Waals surface area (Å²) in [5, 5.41) is 19.2. The quantitative estimate of drug-likeness (QED) is 0.0625. The summed E-state index contributed by atoms with van der Waals surface area (Å²) in [4.78, 5) is 20.4. The number of aliphatic hydroxyl groups is 1. The van der Waals surface area contributed by atoms with Crippen LogP contribution in [0.15, 0.2) is 242 Å². The minimum absolute atomic E-state index is 0.00765. The summed E-state index contributed by atoms with van der Waals surface area (Å²) in [7, 11) is 0. The Bertz CT molecular complexity index is 4210. The molecular weight excluding hydrogens is 1620 g/mol. The lowest BCUT2D eigenvalue weighted by atomic mass is 9.99. The topological polar surface area (TPSA) is 112 Å². The highest BCUT2D eigenvalue weighted by atomic mass is 35.5. The first-order valence-electron chi connectivity index (χ1n) is 35.6. The first kappa shape index (κ1) is 94.3. The van der Waals surface area contributed by atoms with Gasteiger partial charge in [0, 0.05) is 112 Å². The van der Waals surface area contributed by atoms with Gasteiger partial charge in [-0.1, -0.05) is 302 Å². The molecule has 2 aliphatic heterocycles. The fourth-order valence-electron chi connectivity index (χ4n) is 10.3. The standard InChI is InChI=1S/C19H28N2O4.C17H16Cl4O.C17H17Cl3O.C9H10ClNO.C8H10O.C6H4Cl2.C6H5Cl.C6H6/c1-14(2)19-24-13-18(25-19)12-23-17-6-4-16(5-7-17)21-10-8-20(9-11-21)15(3)22;1-10(2)17(14-6-5-13(19)8-16(14)21)22-9-11-3-4-12(18)7-15(11)20;1-11(2)17(15-8-7-14(19)9-16(15)20)21-10-12-3-5-13(18)6-4-12;1-7-3-4-8(6-12-11-2)9(10)5-7;1-7-2-4-8(6-9)5-3-7;7-5-2-1-3-6(8)4-5;7-6-4-2-1-3-5-6;1-2-4-6-5-3-1/h4-7,14,18-19H,8-13H2,1-3H3;3-8,10,17H,9H2,1-2H3;3-9,11,17H,10H2,1-2H3;3-5H,2,6H2,1H3;2-5,9H,6H2,1H3;1-4H;1-5H;1-6H. The van der Waals surface area contributed by atoms with Crippen molar-refractivity contribution in [3.8, 4) is 5.75 Å². The van der Waals surface area contributed by atoms with E-state index >= 15 is 0 Å². The number of rotatable bonds is 19. The third-order valence-corrected chi connectivity index (χ3v) is 19.3. The Hall–Kier alpha value is -6.27. The highest BCUT2D eigenvalue weighted by Gasteiger charge is 2.29. The van der Waals surface area contributed by atoms with E-state index in [9.17, 15) is 4.79 Å². The number of nitrogens with zero attached hydrogens (tertiary/aromatic N) is 3. The van der Waals surface area contributed by atoms with Gasteiger partial charge in [0.05, 0.1) is 38.6 Å². The summed E-state index contributed by atoms with van der Waals surface area (Å²) >= 11 is 65.0. The fourth-order valence-corrected chi connectivity index (χ4v) is 12.8. The number of halogens is 11. The number of piperazine rings is 1. The van der Waals surface area contributed by atoms with Crippen LogP contribution in [0.1, 0.15) is 105 Å². The molecule has 4 atom stereocenters. The van der Waals surface area contributed by atoms with E-state index in [1.807, 2.05) is 201 Å². The van der Waals surface area contributed by atoms with Gasteiger partial charge < -0.3 is 43.4 Å². The maximum atomic E-state index is 11.4. The van der Waals surface area contributed by atoms with Gasteiger partial charge in [-0.05, 0) is 168 Å². The summed E-state index contributed by atoms with van der Waals surface area (Å²) in [6.45, 7) is 27.2. The first-order chi connectivity index (χ1) is 52.6. The van der Waals surface area contributed by atoms with Crippen molar-refractivity contribution in [3.63, 3.8) is 0 Å². The molecule has 22 heteroatoms. The number of anilines is 1. The lowest BCUT2D eigenvalue weighted by Gasteiger charge is -2.35.